The van der Waals surface area contributed by atoms with E-state index in [4.69, 9.17) is 5.84 Å². The van der Waals surface area contributed by atoms with Gasteiger partial charge in [-0.15, -0.1) is 0 Å². The summed E-state index contributed by atoms with van der Waals surface area (Å²) in [5, 5.41) is 0. The molecule has 2 rings (SSSR count). The third kappa shape index (κ3) is 3.39. The van der Waals surface area contributed by atoms with Crippen LogP contribution < -0.4 is 11.3 Å². The lowest BCUT2D eigenvalue weighted by molar-refractivity contribution is -0.137. The Bertz CT molecular complexity index is 564. The molecule has 0 heterocycles. The van der Waals surface area contributed by atoms with Crippen molar-refractivity contribution in [3.63, 3.8) is 0 Å². The van der Waals surface area contributed by atoms with Gasteiger partial charge in [0, 0.05) is 4.47 Å². The van der Waals surface area contributed by atoms with Crippen molar-refractivity contribution in [1.82, 2.24) is 5.43 Å². The van der Waals surface area contributed by atoms with Gasteiger partial charge in [-0.05, 0) is 35.4 Å². The van der Waals surface area contributed by atoms with E-state index in [-0.39, 0.29) is 6.04 Å². The van der Waals surface area contributed by atoms with Gasteiger partial charge >= 0.3 is 6.18 Å². The summed E-state index contributed by atoms with van der Waals surface area (Å²) in [6.45, 7) is 0. The molecule has 20 heavy (non-hydrogen) atoms. The molecule has 2 aromatic rings. The van der Waals surface area contributed by atoms with Gasteiger partial charge < -0.3 is 0 Å². The molecule has 0 bridgehead atoms. The molecule has 0 saturated heterocycles. The zero-order valence-corrected chi connectivity index (χ0v) is 11.9. The quantitative estimate of drug-likeness (QED) is 0.651. The highest BCUT2D eigenvalue weighted by atomic mass is 79.9. The van der Waals surface area contributed by atoms with Gasteiger partial charge in [-0.3, -0.25) is 5.84 Å². The Labute approximate surface area is 122 Å². The summed E-state index contributed by atoms with van der Waals surface area (Å²) in [7, 11) is 0. The standard InChI is InChI=1S/C14H12BrF3N2/c15-12-7-3-10(4-8-12)13(20-19)9-1-5-11(6-2-9)14(16,17)18/h1-8,13,20H,19H2. The summed E-state index contributed by atoms with van der Waals surface area (Å²) in [6, 6.07) is 12.0. The van der Waals surface area contributed by atoms with Crippen molar-refractivity contribution in [2.45, 2.75) is 12.2 Å². The maximum atomic E-state index is 12.5. The third-order valence-electron chi connectivity index (χ3n) is 2.94. The molecule has 0 aromatic heterocycles. The van der Waals surface area contributed by atoms with E-state index in [1.54, 1.807) is 0 Å². The van der Waals surface area contributed by atoms with Crippen LogP contribution in [0.2, 0.25) is 0 Å². The lowest BCUT2D eigenvalue weighted by atomic mass is 9.98. The fraction of sp³-hybridized carbons (Fsp3) is 0.143. The van der Waals surface area contributed by atoms with Gasteiger partial charge in [0.25, 0.3) is 0 Å². The van der Waals surface area contributed by atoms with E-state index in [1.807, 2.05) is 24.3 Å². The first-order valence-corrected chi connectivity index (χ1v) is 6.60. The van der Waals surface area contributed by atoms with Crippen molar-refractivity contribution in [2.75, 3.05) is 0 Å². The largest absolute Gasteiger partial charge is 0.416 e. The average Bonchev–Trinajstić information content (AvgIpc) is 2.41. The van der Waals surface area contributed by atoms with Crippen molar-refractivity contribution >= 4 is 15.9 Å². The van der Waals surface area contributed by atoms with Gasteiger partial charge in [-0.1, -0.05) is 40.2 Å². The molecule has 2 nitrogen and oxygen atoms in total. The zero-order chi connectivity index (χ0) is 14.8. The van der Waals surface area contributed by atoms with Gasteiger partial charge in [-0.2, -0.15) is 13.2 Å². The van der Waals surface area contributed by atoms with Crippen molar-refractivity contribution in [1.29, 1.82) is 0 Å². The fourth-order valence-electron chi connectivity index (χ4n) is 1.90. The van der Waals surface area contributed by atoms with Crippen LogP contribution in [0.4, 0.5) is 13.2 Å². The first kappa shape index (κ1) is 15.0. The molecule has 0 aliphatic rings. The number of nitrogens with one attached hydrogen (secondary N) is 1. The van der Waals surface area contributed by atoms with Gasteiger partial charge in [-0.25, -0.2) is 5.43 Å². The number of benzene rings is 2. The van der Waals surface area contributed by atoms with Crippen LogP contribution in [0.15, 0.2) is 53.0 Å². The van der Waals surface area contributed by atoms with Crippen LogP contribution >= 0.6 is 15.9 Å². The minimum Gasteiger partial charge on any atom is -0.271 e. The normalized spacial score (nSPS) is 13.2. The summed E-state index contributed by atoms with van der Waals surface area (Å²) < 4.78 is 38.5. The van der Waals surface area contributed by atoms with E-state index in [0.717, 1.165) is 22.2 Å². The molecule has 1 unspecified atom stereocenters. The van der Waals surface area contributed by atoms with Crippen molar-refractivity contribution in [3.05, 3.63) is 69.7 Å². The molecule has 1 atom stereocenters. The van der Waals surface area contributed by atoms with Gasteiger partial charge in [0.1, 0.15) is 0 Å². The van der Waals surface area contributed by atoms with E-state index < -0.39 is 11.7 Å². The van der Waals surface area contributed by atoms with E-state index in [9.17, 15) is 13.2 Å². The van der Waals surface area contributed by atoms with Crippen LogP contribution in [-0.4, -0.2) is 0 Å². The molecule has 0 amide bonds. The number of hydrogen-bond donors (Lipinski definition) is 2. The van der Waals surface area contributed by atoms with E-state index in [2.05, 4.69) is 21.4 Å². The Morgan fingerprint density at radius 3 is 1.75 bits per heavy atom. The highest BCUT2D eigenvalue weighted by Gasteiger charge is 2.30. The molecule has 0 spiro atoms. The summed E-state index contributed by atoms with van der Waals surface area (Å²) in [6.07, 6.45) is -4.33. The van der Waals surface area contributed by atoms with Crippen LogP contribution in [0.5, 0.6) is 0 Å². The lowest BCUT2D eigenvalue weighted by Gasteiger charge is -2.17. The number of alkyl halides is 3. The molecule has 0 radical (unpaired) electrons. The molecule has 0 fully saturated rings. The van der Waals surface area contributed by atoms with Crippen molar-refractivity contribution in [2.24, 2.45) is 5.84 Å². The monoisotopic (exact) mass is 344 g/mol. The predicted molar refractivity (Wildman–Crippen MR) is 74.8 cm³/mol. The van der Waals surface area contributed by atoms with E-state index in [0.29, 0.717) is 5.56 Å². The molecule has 0 aliphatic carbocycles. The molecular weight excluding hydrogens is 333 g/mol. The lowest BCUT2D eigenvalue weighted by Crippen LogP contribution is -2.28. The maximum absolute atomic E-state index is 12.5. The fourth-order valence-corrected chi connectivity index (χ4v) is 2.17. The minimum absolute atomic E-state index is 0.356. The van der Waals surface area contributed by atoms with Crippen LogP contribution in [0.3, 0.4) is 0 Å². The van der Waals surface area contributed by atoms with Crippen LogP contribution in [0, 0.1) is 0 Å². The zero-order valence-electron chi connectivity index (χ0n) is 10.3. The second-order valence-electron chi connectivity index (χ2n) is 4.27. The average molecular weight is 345 g/mol. The molecule has 6 heteroatoms. The predicted octanol–water partition coefficient (Wildman–Crippen LogP) is 4.02. The molecule has 0 aliphatic heterocycles. The van der Waals surface area contributed by atoms with Gasteiger partial charge in [0.2, 0.25) is 0 Å². The highest BCUT2D eigenvalue weighted by Crippen LogP contribution is 2.31. The number of hydrazine groups is 1. The number of nitrogens with two attached hydrogens (primary N) is 1. The minimum atomic E-state index is -4.33. The highest BCUT2D eigenvalue weighted by molar-refractivity contribution is 9.10. The second-order valence-corrected chi connectivity index (χ2v) is 5.19. The van der Waals surface area contributed by atoms with Crippen molar-refractivity contribution < 1.29 is 13.2 Å². The Hall–Kier alpha value is -1.37. The number of rotatable bonds is 3. The molecule has 0 saturated carbocycles. The Balaban J connectivity index is 2.30. The number of hydrogen-bond acceptors (Lipinski definition) is 2. The summed E-state index contributed by atoms with van der Waals surface area (Å²) in [4.78, 5) is 0. The smallest absolute Gasteiger partial charge is 0.271 e. The second kappa shape index (κ2) is 5.95. The molecule has 106 valence electrons. The Kier molecular flexibility index (Phi) is 4.47. The number of halogens is 4. The first-order valence-electron chi connectivity index (χ1n) is 5.80. The summed E-state index contributed by atoms with van der Waals surface area (Å²) in [5.41, 5.74) is 3.48. The van der Waals surface area contributed by atoms with Crippen LogP contribution in [0.25, 0.3) is 0 Å². The third-order valence-corrected chi connectivity index (χ3v) is 3.47. The molecule has 3 N–H and O–H groups in total. The summed E-state index contributed by atoms with van der Waals surface area (Å²) >= 11 is 3.33. The van der Waals surface area contributed by atoms with Crippen molar-refractivity contribution in [3.8, 4) is 0 Å². The first-order chi connectivity index (χ1) is 9.41. The molecule has 2 aromatic carbocycles. The Morgan fingerprint density at radius 2 is 1.35 bits per heavy atom. The van der Waals surface area contributed by atoms with Gasteiger partial charge in [0.05, 0.1) is 11.6 Å². The maximum Gasteiger partial charge on any atom is 0.416 e. The van der Waals surface area contributed by atoms with Gasteiger partial charge in [0.15, 0.2) is 0 Å². The van der Waals surface area contributed by atoms with Crippen LogP contribution in [-0.2, 0) is 6.18 Å². The van der Waals surface area contributed by atoms with E-state index >= 15 is 0 Å². The molecular formula is C14H12BrF3N2. The van der Waals surface area contributed by atoms with Crippen LogP contribution in [0.1, 0.15) is 22.7 Å². The SMILES string of the molecule is NNC(c1ccc(Br)cc1)c1ccc(C(F)(F)F)cc1. The topological polar surface area (TPSA) is 38.0 Å². The summed E-state index contributed by atoms with van der Waals surface area (Å²) in [5.74, 6) is 5.51. The van der Waals surface area contributed by atoms with E-state index in [1.165, 1.54) is 12.1 Å². The Morgan fingerprint density at radius 1 is 0.900 bits per heavy atom.